The van der Waals surface area contributed by atoms with Crippen molar-refractivity contribution in [2.24, 2.45) is 0 Å². The second-order valence-electron chi connectivity index (χ2n) is 5.25. The average molecular weight is 260 g/mol. The van der Waals surface area contributed by atoms with Crippen molar-refractivity contribution < 1.29 is 4.79 Å². The molecule has 0 spiro atoms. The quantitative estimate of drug-likeness (QED) is 0.796. The van der Waals surface area contributed by atoms with E-state index in [1.54, 1.807) is 0 Å². The fourth-order valence-electron chi connectivity index (χ4n) is 2.59. The predicted octanol–water partition coefficient (Wildman–Crippen LogP) is 2.35. The Balaban J connectivity index is 1.67. The van der Waals surface area contributed by atoms with Crippen molar-refractivity contribution in [2.45, 2.75) is 39.2 Å². The number of benzene rings is 1. The van der Waals surface area contributed by atoms with Crippen LogP contribution in [0, 0.1) is 0 Å². The van der Waals surface area contributed by atoms with E-state index in [0.717, 1.165) is 45.4 Å². The van der Waals surface area contributed by atoms with E-state index in [-0.39, 0.29) is 5.91 Å². The van der Waals surface area contributed by atoms with Gasteiger partial charge in [-0.25, -0.2) is 0 Å². The minimum atomic E-state index is 0.187. The Morgan fingerprint density at radius 2 is 2.11 bits per heavy atom. The second kappa shape index (κ2) is 7.29. The number of nitrogens with one attached hydrogen (secondary N) is 1. The van der Waals surface area contributed by atoms with Gasteiger partial charge in [-0.1, -0.05) is 31.2 Å². The van der Waals surface area contributed by atoms with Gasteiger partial charge in [-0.3, -0.25) is 9.69 Å². The van der Waals surface area contributed by atoms with E-state index in [1.165, 1.54) is 11.1 Å². The van der Waals surface area contributed by atoms with Crippen LogP contribution in [0.1, 0.15) is 37.3 Å². The van der Waals surface area contributed by atoms with Crippen molar-refractivity contribution in [1.29, 1.82) is 0 Å². The lowest BCUT2D eigenvalue weighted by molar-refractivity contribution is -0.121. The van der Waals surface area contributed by atoms with Crippen LogP contribution >= 0.6 is 0 Å². The molecule has 1 heterocycles. The Hall–Kier alpha value is -1.35. The van der Waals surface area contributed by atoms with Gasteiger partial charge in [0.15, 0.2) is 0 Å². The Bertz CT molecular complexity index is 417. The summed E-state index contributed by atoms with van der Waals surface area (Å²) in [5, 5.41) is 2.98. The molecule has 0 unspecified atom stereocenters. The van der Waals surface area contributed by atoms with Gasteiger partial charge in [0, 0.05) is 32.6 Å². The summed E-state index contributed by atoms with van der Waals surface area (Å²) in [7, 11) is 0. The van der Waals surface area contributed by atoms with Crippen LogP contribution in [0.4, 0.5) is 0 Å². The Kier molecular flexibility index (Phi) is 5.40. The summed E-state index contributed by atoms with van der Waals surface area (Å²) >= 11 is 0. The number of nitrogens with zero attached hydrogens (tertiary/aromatic N) is 1. The van der Waals surface area contributed by atoms with Gasteiger partial charge < -0.3 is 5.32 Å². The van der Waals surface area contributed by atoms with Gasteiger partial charge in [0.05, 0.1) is 0 Å². The third-order valence-corrected chi connectivity index (χ3v) is 3.66. The molecule has 0 saturated heterocycles. The molecule has 1 aromatic rings. The summed E-state index contributed by atoms with van der Waals surface area (Å²) in [5.41, 5.74) is 2.96. The van der Waals surface area contributed by atoms with Crippen molar-refractivity contribution in [2.75, 3.05) is 19.6 Å². The van der Waals surface area contributed by atoms with Crippen LogP contribution < -0.4 is 5.32 Å². The molecule has 0 aliphatic carbocycles. The van der Waals surface area contributed by atoms with Crippen LogP contribution in [0.3, 0.4) is 0 Å². The molecule has 104 valence electrons. The average Bonchev–Trinajstić information content (AvgIpc) is 2.44. The molecule has 0 aromatic heterocycles. The summed E-state index contributed by atoms with van der Waals surface area (Å²) < 4.78 is 0. The largest absolute Gasteiger partial charge is 0.356 e. The fraction of sp³-hybridized carbons (Fsp3) is 0.562. The molecule has 3 nitrogen and oxygen atoms in total. The highest BCUT2D eigenvalue weighted by molar-refractivity contribution is 5.75. The van der Waals surface area contributed by atoms with Crippen molar-refractivity contribution in [3.8, 4) is 0 Å². The number of hydrogen-bond acceptors (Lipinski definition) is 2. The van der Waals surface area contributed by atoms with Gasteiger partial charge in [0.1, 0.15) is 0 Å². The fourth-order valence-corrected chi connectivity index (χ4v) is 2.59. The van der Waals surface area contributed by atoms with E-state index in [0.29, 0.717) is 6.42 Å². The van der Waals surface area contributed by atoms with Crippen LogP contribution in [0.25, 0.3) is 0 Å². The first-order valence-electron chi connectivity index (χ1n) is 7.35. The zero-order chi connectivity index (χ0) is 13.5. The highest BCUT2D eigenvalue weighted by Crippen LogP contribution is 2.18. The molecule has 2 rings (SSSR count). The van der Waals surface area contributed by atoms with Gasteiger partial charge in [-0.15, -0.1) is 0 Å². The lowest BCUT2D eigenvalue weighted by Gasteiger charge is -2.28. The summed E-state index contributed by atoms with van der Waals surface area (Å²) in [4.78, 5) is 13.8. The summed E-state index contributed by atoms with van der Waals surface area (Å²) in [6.07, 6.45) is 3.77. The van der Waals surface area contributed by atoms with Crippen molar-refractivity contribution in [1.82, 2.24) is 10.2 Å². The molecule has 1 N–H and O–H groups in total. The van der Waals surface area contributed by atoms with Crippen LogP contribution in [0.5, 0.6) is 0 Å². The molecule has 1 aliphatic heterocycles. The predicted molar refractivity (Wildman–Crippen MR) is 78.0 cm³/mol. The van der Waals surface area contributed by atoms with Gasteiger partial charge in [-0.2, -0.15) is 0 Å². The van der Waals surface area contributed by atoms with Gasteiger partial charge in [0.2, 0.25) is 5.91 Å². The number of fused-ring (bicyclic) bond motifs is 1. The van der Waals surface area contributed by atoms with E-state index >= 15 is 0 Å². The maximum atomic E-state index is 11.3. The molecule has 0 bridgehead atoms. The third kappa shape index (κ3) is 4.35. The van der Waals surface area contributed by atoms with Crippen LogP contribution in [0.15, 0.2) is 24.3 Å². The Labute approximate surface area is 116 Å². The van der Waals surface area contributed by atoms with E-state index in [2.05, 4.69) is 34.5 Å². The zero-order valence-corrected chi connectivity index (χ0v) is 11.8. The summed E-state index contributed by atoms with van der Waals surface area (Å²) in [6, 6.07) is 8.70. The van der Waals surface area contributed by atoms with Crippen molar-refractivity contribution >= 4 is 5.91 Å². The van der Waals surface area contributed by atoms with Crippen LogP contribution in [-0.4, -0.2) is 30.4 Å². The molecule has 3 heteroatoms. The first kappa shape index (κ1) is 14.1. The number of carbonyl (C=O) groups is 1. The molecule has 19 heavy (non-hydrogen) atoms. The van der Waals surface area contributed by atoms with Crippen molar-refractivity contribution in [3.05, 3.63) is 35.4 Å². The maximum Gasteiger partial charge on any atom is 0.219 e. The van der Waals surface area contributed by atoms with Gasteiger partial charge in [-0.05, 0) is 30.4 Å². The van der Waals surface area contributed by atoms with Gasteiger partial charge >= 0.3 is 0 Å². The summed E-state index contributed by atoms with van der Waals surface area (Å²) in [6.45, 7) is 6.10. The first-order valence-corrected chi connectivity index (χ1v) is 7.35. The molecule has 0 fully saturated rings. The maximum absolute atomic E-state index is 11.3. The Morgan fingerprint density at radius 1 is 1.32 bits per heavy atom. The zero-order valence-electron chi connectivity index (χ0n) is 11.8. The minimum Gasteiger partial charge on any atom is -0.356 e. The Morgan fingerprint density at radius 3 is 2.89 bits per heavy atom. The molecular weight excluding hydrogens is 236 g/mol. The lowest BCUT2D eigenvalue weighted by atomic mass is 10.00. The molecule has 1 amide bonds. The standard InChI is InChI=1S/C16H24N2O/c1-2-6-16(19)17-10-5-11-18-12-9-14-7-3-4-8-15(14)13-18/h3-4,7-8H,2,5-6,9-13H2,1H3,(H,17,19). The monoisotopic (exact) mass is 260 g/mol. The van der Waals surface area contributed by atoms with E-state index in [4.69, 9.17) is 0 Å². The smallest absolute Gasteiger partial charge is 0.219 e. The molecule has 0 atom stereocenters. The molecule has 1 aliphatic rings. The second-order valence-corrected chi connectivity index (χ2v) is 5.25. The number of hydrogen-bond donors (Lipinski definition) is 1. The topological polar surface area (TPSA) is 32.3 Å². The van der Waals surface area contributed by atoms with Crippen LogP contribution in [-0.2, 0) is 17.8 Å². The van der Waals surface area contributed by atoms with Gasteiger partial charge in [0.25, 0.3) is 0 Å². The molecule has 0 radical (unpaired) electrons. The summed E-state index contributed by atoms with van der Waals surface area (Å²) in [5.74, 6) is 0.187. The number of rotatable bonds is 6. The van der Waals surface area contributed by atoms with Crippen molar-refractivity contribution in [3.63, 3.8) is 0 Å². The SMILES string of the molecule is CCCC(=O)NCCCN1CCc2ccccc2C1. The molecule has 1 aromatic carbocycles. The highest BCUT2D eigenvalue weighted by atomic mass is 16.1. The highest BCUT2D eigenvalue weighted by Gasteiger charge is 2.14. The molecular formula is C16H24N2O. The molecule has 0 saturated carbocycles. The van der Waals surface area contributed by atoms with E-state index in [9.17, 15) is 4.79 Å². The number of carbonyl (C=O) groups excluding carboxylic acids is 1. The lowest BCUT2D eigenvalue weighted by Crippen LogP contribution is -2.33. The normalized spacial score (nSPS) is 15.0. The first-order chi connectivity index (χ1) is 9.29. The number of amides is 1. The van der Waals surface area contributed by atoms with E-state index in [1.807, 2.05) is 6.92 Å². The third-order valence-electron chi connectivity index (χ3n) is 3.66. The minimum absolute atomic E-state index is 0.187. The van der Waals surface area contributed by atoms with Crippen LogP contribution in [0.2, 0.25) is 0 Å². The van der Waals surface area contributed by atoms with E-state index < -0.39 is 0 Å².